The molecule has 4 heterocycles. The van der Waals surface area contributed by atoms with Gasteiger partial charge in [0.2, 0.25) is 15.7 Å². The van der Waals surface area contributed by atoms with Crippen LogP contribution in [0.15, 0.2) is 21.6 Å². The minimum atomic E-state index is -3.67. The lowest BCUT2D eigenvalue weighted by atomic mass is 10.2. The Hall–Kier alpha value is -3.45. The monoisotopic (exact) mass is 491 g/mol. The van der Waals surface area contributed by atoms with Crippen LogP contribution < -0.4 is 5.73 Å². The number of carbonyl (C=O) groups is 2. The maximum Gasteiger partial charge on any atom is 0.355 e. The van der Waals surface area contributed by atoms with Crippen LogP contribution in [0.4, 0.5) is 5.82 Å². The number of aryl methyl sites for hydroxylation is 2. The maximum atomic E-state index is 12.8. The van der Waals surface area contributed by atoms with Crippen LogP contribution in [0, 0.1) is 6.92 Å². The van der Waals surface area contributed by atoms with Gasteiger partial charge < -0.3 is 24.2 Å². The Bertz CT molecular complexity index is 1370. The van der Waals surface area contributed by atoms with Crippen molar-refractivity contribution in [3.05, 3.63) is 35.1 Å². The quantitative estimate of drug-likeness (QED) is 0.482. The molecule has 2 N–H and O–H groups in total. The first kappa shape index (κ1) is 23.7. The third kappa shape index (κ3) is 4.23. The molecule has 182 valence electrons. The number of nitrogens with zero attached hydrogens (tertiary/aromatic N) is 4. The van der Waals surface area contributed by atoms with Gasteiger partial charge in [0.25, 0.3) is 0 Å². The zero-order valence-corrected chi connectivity index (χ0v) is 19.8. The molecule has 1 aliphatic rings. The first-order chi connectivity index (χ1) is 16.1. The highest BCUT2D eigenvalue weighted by Gasteiger charge is 2.30. The summed E-state index contributed by atoms with van der Waals surface area (Å²) < 4.78 is 44.2. The van der Waals surface area contributed by atoms with E-state index in [0.717, 1.165) is 12.8 Å². The Labute approximate surface area is 195 Å². The average Bonchev–Trinajstić information content (AvgIpc) is 3.51. The first-order valence-corrected chi connectivity index (χ1v) is 12.1. The van der Waals surface area contributed by atoms with E-state index >= 15 is 0 Å². The largest absolute Gasteiger partial charge is 0.462 e. The van der Waals surface area contributed by atoms with Gasteiger partial charge in [0.05, 0.1) is 12.0 Å². The Kier molecular flexibility index (Phi) is 6.32. The molecule has 1 fully saturated rings. The van der Waals surface area contributed by atoms with Crippen molar-refractivity contribution in [3.63, 3.8) is 0 Å². The number of nitrogen functional groups attached to an aromatic ring is 1. The van der Waals surface area contributed by atoms with Gasteiger partial charge in [-0.1, -0.05) is 0 Å². The highest BCUT2D eigenvalue weighted by molar-refractivity contribution is 7.89. The van der Waals surface area contributed by atoms with Crippen molar-refractivity contribution in [1.29, 1.82) is 0 Å². The molecule has 4 rings (SSSR count). The lowest BCUT2D eigenvalue weighted by molar-refractivity contribution is 0.0450. The number of esters is 2. The summed E-state index contributed by atoms with van der Waals surface area (Å²) in [4.78, 5) is 33.2. The number of carbonyl (C=O) groups excluding carboxylic acids is 2. The molecule has 34 heavy (non-hydrogen) atoms. The minimum Gasteiger partial charge on any atom is -0.462 e. The number of hydrogen-bond acceptors (Lipinski definition) is 10. The van der Waals surface area contributed by atoms with E-state index < -0.39 is 22.0 Å². The van der Waals surface area contributed by atoms with Gasteiger partial charge in [0, 0.05) is 26.3 Å². The van der Waals surface area contributed by atoms with Crippen molar-refractivity contribution in [2.24, 2.45) is 7.05 Å². The molecule has 0 atom stereocenters. The Morgan fingerprint density at radius 1 is 1.18 bits per heavy atom. The van der Waals surface area contributed by atoms with Crippen molar-refractivity contribution in [2.75, 3.05) is 25.4 Å². The zero-order valence-electron chi connectivity index (χ0n) is 19.0. The maximum absolute atomic E-state index is 12.8. The Morgan fingerprint density at radius 3 is 2.56 bits per heavy atom. The van der Waals surface area contributed by atoms with E-state index in [1.54, 1.807) is 20.9 Å². The Morgan fingerprint density at radius 2 is 1.88 bits per heavy atom. The molecule has 3 aromatic heterocycles. The number of nitrogens with two attached hydrogens (primary N) is 1. The fourth-order valence-corrected chi connectivity index (χ4v) is 5.45. The zero-order chi connectivity index (χ0) is 24.6. The molecule has 3 aromatic rings. The van der Waals surface area contributed by atoms with Gasteiger partial charge in [-0.05, 0) is 32.8 Å². The fourth-order valence-electron chi connectivity index (χ4n) is 3.86. The molecule has 0 radical (unpaired) electrons. The van der Waals surface area contributed by atoms with E-state index in [9.17, 15) is 18.0 Å². The van der Waals surface area contributed by atoms with Gasteiger partial charge in [-0.3, -0.25) is 0 Å². The minimum absolute atomic E-state index is 0.0196. The highest BCUT2D eigenvalue weighted by Crippen LogP contribution is 2.29. The summed E-state index contributed by atoms with van der Waals surface area (Å²) in [6, 6.07) is 1.29. The van der Waals surface area contributed by atoms with Crippen molar-refractivity contribution in [2.45, 2.75) is 38.2 Å². The molecule has 13 heteroatoms. The summed E-state index contributed by atoms with van der Waals surface area (Å²) in [6.07, 6.45) is 3.00. The molecule has 0 saturated carbocycles. The summed E-state index contributed by atoms with van der Waals surface area (Å²) in [5.74, 6) is -1.04. The number of rotatable bonds is 7. The average molecular weight is 492 g/mol. The summed E-state index contributed by atoms with van der Waals surface area (Å²) in [6.45, 7) is 4.02. The normalized spacial score (nSPS) is 14.6. The standard InChI is InChI=1S/C21H25N5O7S/c1-4-31-21(28)16-12(2)33-19-17(16)18(22)23-15(24-19)11-32-20(27)14-9-13(10-25(14)3)34(29,30)26-7-5-6-8-26/h9-10H,4-8,11H2,1-3H3,(H2,22,23,24). The SMILES string of the molecule is CCOC(=O)c1c(C)oc2nc(COC(=O)c3cc(S(=O)(=O)N4CCCC4)cn3C)nc(N)c12. The molecule has 0 spiro atoms. The third-order valence-electron chi connectivity index (χ3n) is 5.51. The van der Waals surface area contributed by atoms with Crippen LogP contribution in [0.1, 0.15) is 52.2 Å². The number of hydrogen-bond donors (Lipinski definition) is 1. The van der Waals surface area contributed by atoms with Crippen LogP contribution >= 0.6 is 0 Å². The number of sulfonamides is 1. The van der Waals surface area contributed by atoms with E-state index in [1.165, 1.54) is 21.1 Å². The van der Waals surface area contributed by atoms with Crippen LogP contribution in [-0.2, 0) is 33.2 Å². The van der Waals surface area contributed by atoms with Gasteiger partial charge >= 0.3 is 11.9 Å². The highest BCUT2D eigenvalue weighted by atomic mass is 32.2. The summed E-state index contributed by atoms with van der Waals surface area (Å²) in [5, 5.41) is 0.227. The molecule has 0 amide bonds. The smallest absolute Gasteiger partial charge is 0.355 e. The van der Waals surface area contributed by atoms with Crippen LogP contribution in [-0.4, -0.2) is 58.9 Å². The van der Waals surface area contributed by atoms with Crippen molar-refractivity contribution >= 4 is 38.9 Å². The number of anilines is 1. The number of ether oxygens (including phenoxy) is 2. The second kappa shape index (κ2) is 9.06. The van der Waals surface area contributed by atoms with E-state index in [2.05, 4.69) is 9.97 Å². The molecule has 1 aliphatic heterocycles. The summed E-state index contributed by atoms with van der Waals surface area (Å²) in [7, 11) is -2.11. The summed E-state index contributed by atoms with van der Waals surface area (Å²) in [5.41, 5.74) is 6.30. The van der Waals surface area contributed by atoms with Gasteiger partial charge in [-0.2, -0.15) is 9.29 Å². The Balaban J connectivity index is 1.53. The van der Waals surface area contributed by atoms with E-state index in [-0.39, 0.29) is 57.9 Å². The van der Waals surface area contributed by atoms with E-state index in [1.807, 2.05) is 0 Å². The van der Waals surface area contributed by atoms with E-state index in [4.69, 9.17) is 19.6 Å². The second-order valence-corrected chi connectivity index (χ2v) is 9.76. The van der Waals surface area contributed by atoms with Crippen LogP contribution in [0.25, 0.3) is 11.1 Å². The number of furan rings is 1. The van der Waals surface area contributed by atoms with Crippen LogP contribution in [0.5, 0.6) is 0 Å². The van der Waals surface area contributed by atoms with Crippen molar-refractivity contribution in [1.82, 2.24) is 18.8 Å². The lowest BCUT2D eigenvalue weighted by Crippen LogP contribution is -2.27. The molecular weight excluding hydrogens is 466 g/mol. The molecule has 0 aromatic carbocycles. The summed E-state index contributed by atoms with van der Waals surface area (Å²) >= 11 is 0. The second-order valence-electron chi connectivity index (χ2n) is 7.82. The van der Waals surface area contributed by atoms with Crippen LogP contribution in [0.3, 0.4) is 0 Å². The molecule has 1 saturated heterocycles. The first-order valence-electron chi connectivity index (χ1n) is 10.7. The molecule has 12 nitrogen and oxygen atoms in total. The van der Waals surface area contributed by atoms with Crippen molar-refractivity contribution in [3.8, 4) is 0 Å². The molecule has 0 bridgehead atoms. The van der Waals surface area contributed by atoms with Gasteiger partial charge in [0.1, 0.15) is 27.7 Å². The van der Waals surface area contributed by atoms with E-state index in [0.29, 0.717) is 13.1 Å². The third-order valence-corrected chi connectivity index (χ3v) is 7.37. The predicted octanol–water partition coefficient (Wildman–Crippen LogP) is 1.77. The van der Waals surface area contributed by atoms with Gasteiger partial charge in [-0.15, -0.1) is 0 Å². The van der Waals surface area contributed by atoms with Gasteiger partial charge in [-0.25, -0.2) is 23.0 Å². The predicted molar refractivity (Wildman–Crippen MR) is 119 cm³/mol. The van der Waals surface area contributed by atoms with Crippen LogP contribution in [0.2, 0.25) is 0 Å². The van der Waals surface area contributed by atoms with Crippen molar-refractivity contribution < 1.29 is 31.9 Å². The molecule has 0 unspecified atom stereocenters. The topological polar surface area (TPSA) is 160 Å². The fraction of sp³-hybridized carbons (Fsp3) is 0.429. The molecule has 0 aliphatic carbocycles. The number of fused-ring (bicyclic) bond motifs is 1. The molecular formula is C21H25N5O7S. The van der Waals surface area contributed by atoms with Gasteiger partial charge in [0.15, 0.2) is 12.4 Å². The number of aromatic nitrogens is 3. The lowest BCUT2D eigenvalue weighted by Gasteiger charge is -2.13.